The van der Waals surface area contributed by atoms with Crippen LogP contribution in [-0.2, 0) is 6.54 Å². The summed E-state index contributed by atoms with van der Waals surface area (Å²) >= 11 is 1.59. The highest BCUT2D eigenvalue weighted by atomic mass is 32.1. The first-order valence-corrected chi connectivity index (χ1v) is 9.87. The van der Waals surface area contributed by atoms with Crippen LogP contribution in [0.4, 0.5) is 0 Å². The predicted octanol–water partition coefficient (Wildman–Crippen LogP) is 2.81. The third-order valence-corrected chi connectivity index (χ3v) is 5.47. The average molecular weight is 383 g/mol. The standard InChI is InChI=1S/C19H21N5O2S/c1-26-18-16(5-2-6-21-18)19(25)24-8-3-4-14(10-24)17-20-7-9-23(17)11-15-12-27-13-22-15/h2,5-7,9,12-14H,3-4,8,10-11H2,1H3/t14-/m1/s1. The fourth-order valence-corrected chi connectivity index (χ4v) is 4.11. The molecule has 7 nitrogen and oxygen atoms in total. The highest BCUT2D eigenvalue weighted by molar-refractivity contribution is 7.07. The van der Waals surface area contributed by atoms with Crippen LogP contribution in [0.2, 0.25) is 0 Å². The van der Waals surface area contributed by atoms with Crippen molar-refractivity contribution in [1.82, 2.24) is 24.4 Å². The summed E-state index contributed by atoms with van der Waals surface area (Å²) in [4.78, 5) is 28.0. The number of methoxy groups -OCH3 is 1. The summed E-state index contributed by atoms with van der Waals surface area (Å²) in [6.07, 6.45) is 7.40. The van der Waals surface area contributed by atoms with Crippen molar-refractivity contribution in [2.45, 2.75) is 25.3 Å². The second-order valence-electron chi connectivity index (χ2n) is 6.54. The molecule has 0 aliphatic carbocycles. The molecule has 27 heavy (non-hydrogen) atoms. The van der Waals surface area contributed by atoms with E-state index in [1.807, 2.05) is 22.8 Å². The van der Waals surface area contributed by atoms with Crippen molar-refractivity contribution in [2.75, 3.05) is 20.2 Å². The Kier molecular flexibility index (Phi) is 5.15. The molecule has 0 saturated carbocycles. The van der Waals surface area contributed by atoms with E-state index in [0.717, 1.165) is 30.9 Å². The Hall–Kier alpha value is -2.74. The van der Waals surface area contributed by atoms with Gasteiger partial charge in [-0.3, -0.25) is 4.79 Å². The summed E-state index contributed by atoms with van der Waals surface area (Å²) in [5, 5.41) is 2.05. The van der Waals surface area contributed by atoms with Gasteiger partial charge in [0, 0.05) is 43.0 Å². The molecule has 4 rings (SSSR count). The Morgan fingerprint density at radius 3 is 3.07 bits per heavy atom. The summed E-state index contributed by atoms with van der Waals surface area (Å²) in [6.45, 7) is 2.09. The fraction of sp³-hybridized carbons (Fsp3) is 0.368. The van der Waals surface area contributed by atoms with Gasteiger partial charge >= 0.3 is 0 Å². The van der Waals surface area contributed by atoms with Crippen LogP contribution in [-0.4, -0.2) is 50.5 Å². The molecular formula is C19H21N5O2S. The van der Waals surface area contributed by atoms with Gasteiger partial charge in [-0.25, -0.2) is 15.0 Å². The number of aromatic nitrogens is 4. The molecule has 0 N–H and O–H groups in total. The largest absolute Gasteiger partial charge is 0.480 e. The molecule has 4 heterocycles. The molecule has 0 aromatic carbocycles. The van der Waals surface area contributed by atoms with Crippen LogP contribution in [0.1, 0.15) is 40.6 Å². The van der Waals surface area contributed by atoms with Crippen molar-refractivity contribution in [3.05, 3.63) is 58.7 Å². The third kappa shape index (κ3) is 3.71. The summed E-state index contributed by atoms with van der Waals surface area (Å²) in [5.41, 5.74) is 3.38. The Morgan fingerprint density at radius 1 is 1.33 bits per heavy atom. The first-order chi connectivity index (χ1) is 13.3. The molecule has 140 valence electrons. The molecule has 0 unspecified atom stereocenters. The summed E-state index contributed by atoms with van der Waals surface area (Å²) in [6, 6.07) is 3.53. The summed E-state index contributed by atoms with van der Waals surface area (Å²) in [7, 11) is 1.54. The molecule has 1 fully saturated rings. The van der Waals surface area contributed by atoms with Crippen molar-refractivity contribution < 1.29 is 9.53 Å². The quantitative estimate of drug-likeness (QED) is 0.677. The number of imidazole rings is 1. The molecule has 1 aliphatic rings. The molecule has 0 radical (unpaired) electrons. The number of ether oxygens (including phenoxy) is 1. The van der Waals surface area contributed by atoms with Gasteiger partial charge in [0.15, 0.2) is 0 Å². The Balaban J connectivity index is 1.52. The molecule has 1 aliphatic heterocycles. The lowest BCUT2D eigenvalue weighted by Gasteiger charge is -2.33. The van der Waals surface area contributed by atoms with Crippen LogP contribution in [0, 0.1) is 0 Å². The molecule has 0 spiro atoms. The Labute approximate surface area is 161 Å². The minimum absolute atomic E-state index is 0.0396. The van der Waals surface area contributed by atoms with Crippen LogP contribution >= 0.6 is 11.3 Å². The van der Waals surface area contributed by atoms with E-state index in [-0.39, 0.29) is 11.8 Å². The van der Waals surface area contributed by atoms with Crippen molar-refractivity contribution in [3.63, 3.8) is 0 Å². The molecule has 1 amide bonds. The van der Waals surface area contributed by atoms with Crippen LogP contribution in [0.15, 0.2) is 41.6 Å². The second kappa shape index (κ2) is 7.87. The number of carbonyl (C=O) groups is 1. The Morgan fingerprint density at radius 2 is 2.26 bits per heavy atom. The van der Waals surface area contributed by atoms with Crippen molar-refractivity contribution in [3.8, 4) is 5.88 Å². The van der Waals surface area contributed by atoms with Gasteiger partial charge in [0.1, 0.15) is 11.4 Å². The number of piperidine rings is 1. The molecular weight excluding hydrogens is 362 g/mol. The molecule has 8 heteroatoms. The lowest BCUT2D eigenvalue weighted by atomic mass is 9.96. The monoisotopic (exact) mass is 383 g/mol. The van der Waals surface area contributed by atoms with Crippen molar-refractivity contribution in [2.24, 2.45) is 0 Å². The maximum Gasteiger partial charge on any atom is 0.259 e. The molecule has 3 aromatic rings. The van der Waals surface area contributed by atoms with E-state index in [1.54, 1.807) is 29.7 Å². The van der Waals surface area contributed by atoms with Gasteiger partial charge in [-0.1, -0.05) is 0 Å². The number of thiazole rings is 1. The Bertz CT molecular complexity index is 908. The zero-order valence-corrected chi connectivity index (χ0v) is 15.9. The third-order valence-electron chi connectivity index (χ3n) is 4.83. The minimum atomic E-state index is -0.0396. The lowest BCUT2D eigenvalue weighted by molar-refractivity contribution is 0.0699. The number of nitrogens with zero attached hydrogens (tertiary/aromatic N) is 5. The van der Waals surface area contributed by atoms with Crippen LogP contribution in [0.5, 0.6) is 5.88 Å². The first-order valence-electron chi connectivity index (χ1n) is 8.92. The van der Waals surface area contributed by atoms with Crippen LogP contribution < -0.4 is 4.74 Å². The lowest BCUT2D eigenvalue weighted by Crippen LogP contribution is -2.40. The van der Waals surface area contributed by atoms with Crippen LogP contribution in [0.3, 0.4) is 0 Å². The van der Waals surface area contributed by atoms with E-state index in [2.05, 4.69) is 24.9 Å². The van der Waals surface area contributed by atoms with Gasteiger partial charge in [0.25, 0.3) is 5.91 Å². The number of hydrogen-bond donors (Lipinski definition) is 0. The van der Waals surface area contributed by atoms with E-state index in [0.29, 0.717) is 24.5 Å². The first kappa shape index (κ1) is 17.7. The minimum Gasteiger partial charge on any atom is -0.480 e. The van der Waals surface area contributed by atoms with E-state index >= 15 is 0 Å². The molecule has 1 saturated heterocycles. The number of pyridine rings is 1. The number of amides is 1. The summed E-state index contributed by atoms with van der Waals surface area (Å²) < 4.78 is 7.39. The normalized spacial score (nSPS) is 17.1. The molecule has 1 atom stereocenters. The number of likely N-dealkylation sites (tertiary alicyclic amines) is 1. The van der Waals surface area contributed by atoms with Crippen LogP contribution in [0.25, 0.3) is 0 Å². The summed E-state index contributed by atoms with van der Waals surface area (Å²) in [5.74, 6) is 1.55. The van der Waals surface area contributed by atoms with Gasteiger partial charge in [0.05, 0.1) is 24.9 Å². The van der Waals surface area contributed by atoms with E-state index in [1.165, 1.54) is 7.11 Å². The molecule has 0 bridgehead atoms. The van der Waals surface area contributed by atoms with Gasteiger partial charge in [0.2, 0.25) is 5.88 Å². The SMILES string of the molecule is COc1ncccc1C(=O)N1CCC[C@@H](c2nccn2Cc2cscn2)C1. The smallest absolute Gasteiger partial charge is 0.259 e. The van der Waals surface area contributed by atoms with E-state index in [4.69, 9.17) is 4.74 Å². The van der Waals surface area contributed by atoms with Gasteiger partial charge in [-0.2, -0.15) is 0 Å². The zero-order valence-electron chi connectivity index (χ0n) is 15.1. The van der Waals surface area contributed by atoms with E-state index in [9.17, 15) is 4.79 Å². The van der Waals surface area contributed by atoms with Gasteiger partial charge in [-0.15, -0.1) is 11.3 Å². The number of hydrogen-bond acceptors (Lipinski definition) is 6. The number of carbonyl (C=O) groups excluding carboxylic acids is 1. The molecule has 3 aromatic heterocycles. The average Bonchev–Trinajstić information content (AvgIpc) is 3.40. The topological polar surface area (TPSA) is 73.1 Å². The maximum absolute atomic E-state index is 13.0. The highest BCUT2D eigenvalue weighted by Gasteiger charge is 2.29. The maximum atomic E-state index is 13.0. The number of rotatable bonds is 5. The van der Waals surface area contributed by atoms with Crippen molar-refractivity contribution in [1.29, 1.82) is 0 Å². The zero-order chi connectivity index (χ0) is 18.6. The van der Waals surface area contributed by atoms with Crippen molar-refractivity contribution >= 4 is 17.2 Å². The second-order valence-corrected chi connectivity index (χ2v) is 7.26. The predicted molar refractivity (Wildman–Crippen MR) is 102 cm³/mol. The van der Waals surface area contributed by atoms with Gasteiger partial charge in [-0.05, 0) is 25.0 Å². The highest BCUT2D eigenvalue weighted by Crippen LogP contribution is 2.28. The van der Waals surface area contributed by atoms with Gasteiger partial charge < -0.3 is 14.2 Å². The van der Waals surface area contributed by atoms with E-state index < -0.39 is 0 Å². The fourth-order valence-electron chi connectivity index (χ4n) is 3.56.